The Morgan fingerprint density at radius 2 is 2.12 bits per heavy atom. The number of benzene rings is 1. The molecule has 1 aliphatic carbocycles. The van der Waals surface area contributed by atoms with Crippen LogP contribution in [-0.2, 0) is 6.42 Å². The molecule has 25 heavy (non-hydrogen) atoms. The van der Waals surface area contributed by atoms with Crippen LogP contribution in [-0.4, -0.2) is 38.3 Å². The Bertz CT molecular complexity index is 954. The van der Waals surface area contributed by atoms with Gasteiger partial charge in [0.2, 0.25) is 0 Å². The minimum Gasteiger partial charge on any atom is -0.343 e. The number of likely N-dealkylation sites (tertiary alicyclic amines) is 1. The number of aryl methyl sites for hydroxylation is 1. The molecular weight excluding hydrogens is 312 g/mol. The summed E-state index contributed by atoms with van der Waals surface area (Å²) in [5.74, 6) is 0.496. The number of hydrogen-bond acceptors (Lipinski definition) is 3. The summed E-state index contributed by atoms with van der Waals surface area (Å²) >= 11 is 0. The lowest BCUT2D eigenvalue weighted by molar-refractivity contribution is 0.0541. The summed E-state index contributed by atoms with van der Waals surface area (Å²) in [5.41, 5.74) is 4.85. The van der Waals surface area contributed by atoms with E-state index in [9.17, 15) is 4.79 Å². The molecule has 2 unspecified atom stereocenters. The number of nitrogens with zero attached hydrogens (tertiary/aromatic N) is 3. The van der Waals surface area contributed by atoms with E-state index in [1.807, 2.05) is 12.1 Å². The molecule has 1 aromatic carbocycles. The Morgan fingerprint density at radius 3 is 3.08 bits per heavy atom. The van der Waals surface area contributed by atoms with Gasteiger partial charge in [-0.3, -0.25) is 4.79 Å². The fourth-order valence-corrected chi connectivity index (χ4v) is 4.54. The monoisotopic (exact) mass is 334 g/mol. The normalized spacial score (nSPS) is 22.5. The molecule has 0 bridgehead atoms. The van der Waals surface area contributed by atoms with Gasteiger partial charge in [0, 0.05) is 19.9 Å². The molecule has 1 N–H and O–H groups in total. The van der Waals surface area contributed by atoms with Crippen molar-refractivity contribution >= 4 is 17.1 Å². The first kappa shape index (κ1) is 14.6. The minimum absolute atomic E-state index is 0. The van der Waals surface area contributed by atoms with Crippen molar-refractivity contribution in [3.05, 3.63) is 59.5 Å². The van der Waals surface area contributed by atoms with Crippen LogP contribution in [0.4, 0.5) is 0 Å². The van der Waals surface area contributed by atoms with Gasteiger partial charge < -0.3 is 9.88 Å². The van der Waals surface area contributed by atoms with E-state index in [1.165, 1.54) is 11.1 Å². The molecular formula is C20H22N4O. The largest absolute Gasteiger partial charge is 0.343 e. The minimum atomic E-state index is 0. The Balaban J connectivity index is 0.00000168. The standard InChI is InChI=1S/C20H20N4O.H2/c25-20(17-9-8-16-19(23-17)22-12-21-16)24-11-3-6-15-14-5-2-1-4-13(14)7-10-18(15)24;/h1-2,4-5,8-9,12,15,18H,3,6-7,10-11H2,(H,21,22,23);1H. The second-order valence-electron chi connectivity index (χ2n) is 7.02. The molecule has 2 aromatic heterocycles. The molecule has 128 valence electrons. The number of carbonyl (C=O) groups excluding carboxylic acids is 1. The number of nitrogens with one attached hydrogen (secondary N) is 1. The molecule has 0 spiro atoms. The summed E-state index contributed by atoms with van der Waals surface area (Å²) < 4.78 is 0. The van der Waals surface area contributed by atoms with Crippen LogP contribution in [0.2, 0.25) is 0 Å². The van der Waals surface area contributed by atoms with Crippen molar-refractivity contribution in [1.82, 2.24) is 19.9 Å². The number of aromatic nitrogens is 3. The summed E-state index contributed by atoms with van der Waals surface area (Å²) in [7, 11) is 0. The number of H-pyrrole nitrogens is 1. The van der Waals surface area contributed by atoms with Crippen LogP contribution >= 0.6 is 0 Å². The zero-order chi connectivity index (χ0) is 16.8. The molecule has 1 aliphatic heterocycles. The molecule has 0 saturated carbocycles. The molecule has 3 heterocycles. The number of rotatable bonds is 1. The van der Waals surface area contributed by atoms with E-state index in [2.05, 4.69) is 44.1 Å². The van der Waals surface area contributed by atoms with Crippen LogP contribution in [0.1, 0.15) is 48.2 Å². The van der Waals surface area contributed by atoms with Gasteiger partial charge in [0.25, 0.3) is 5.91 Å². The van der Waals surface area contributed by atoms with E-state index >= 15 is 0 Å². The predicted molar refractivity (Wildman–Crippen MR) is 97.6 cm³/mol. The van der Waals surface area contributed by atoms with Crippen molar-refractivity contribution in [2.75, 3.05) is 6.54 Å². The van der Waals surface area contributed by atoms with Crippen molar-refractivity contribution in [1.29, 1.82) is 0 Å². The van der Waals surface area contributed by atoms with Crippen LogP contribution < -0.4 is 0 Å². The third-order valence-electron chi connectivity index (χ3n) is 5.70. The van der Waals surface area contributed by atoms with Crippen LogP contribution in [0.25, 0.3) is 11.2 Å². The molecule has 3 aromatic rings. The fraction of sp³-hybridized carbons (Fsp3) is 0.350. The van der Waals surface area contributed by atoms with E-state index < -0.39 is 0 Å². The first-order valence-corrected chi connectivity index (χ1v) is 9.00. The molecule has 1 saturated heterocycles. The predicted octanol–water partition coefficient (Wildman–Crippen LogP) is 3.54. The number of hydrogen-bond donors (Lipinski definition) is 1. The maximum Gasteiger partial charge on any atom is 0.272 e. The van der Waals surface area contributed by atoms with Crippen molar-refractivity contribution < 1.29 is 6.22 Å². The van der Waals surface area contributed by atoms with Crippen LogP contribution in [0.15, 0.2) is 42.7 Å². The average Bonchev–Trinajstić information content (AvgIpc) is 3.14. The van der Waals surface area contributed by atoms with Gasteiger partial charge in [-0.2, -0.15) is 0 Å². The number of carbonyl (C=O) groups is 1. The Labute approximate surface area is 147 Å². The first-order valence-electron chi connectivity index (χ1n) is 9.00. The summed E-state index contributed by atoms with van der Waals surface area (Å²) in [5, 5.41) is 0. The van der Waals surface area contributed by atoms with E-state index in [0.29, 0.717) is 17.3 Å². The smallest absolute Gasteiger partial charge is 0.272 e. The van der Waals surface area contributed by atoms with Gasteiger partial charge in [-0.15, -0.1) is 0 Å². The quantitative estimate of drug-likeness (QED) is 0.740. The highest BCUT2D eigenvalue weighted by Crippen LogP contribution is 2.40. The number of piperidine rings is 1. The lowest BCUT2D eigenvalue weighted by Gasteiger charge is -2.44. The number of amides is 1. The van der Waals surface area contributed by atoms with Crippen LogP contribution in [0, 0.1) is 0 Å². The van der Waals surface area contributed by atoms with Gasteiger partial charge in [-0.05, 0) is 48.9 Å². The maximum atomic E-state index is 13.2. The Kier molecular flexibility index (Phi) is 3.33. The second kappa shape index (κ2) is 5.69. The highest BCUT2D eigenvalue weighted by atomic mass is 16.2. The molecule has 5 nitrogen and oxygen atoms in total. The second-order valence-corrected chi connectivity index (χ2v) is 7.02. The van der Waals surface area contributed by atoms with Crippen LogP contribution in [0.5, 0.6) is 0 Å². The highest BCUT2D eigenvalue weighted by molar-refractivity contribution is 5.94. The number of aromatic amines is 1. The maximum absolute atomic E-state index is 13.2. The van der Waals surface area contributed by atoms with Crippen molar-refractivity contribution in [3.8, 4) is 0 Å². The van der Waals surface area contributed by atoms with Gasteiger partial charge in [-0.25, -0.2) is 9.97 Å². The van der Waals surface area contributed by atoms with E-state index in [1.54, 1.807) is 6.33 Å². The summed E-state index contributed by atoms with van der Waals surface area (Å²) in [4.78, 5) is 26.9. The molecule has 0 radical (unpaired) electrons. The number of fused-ring (bicyclic) bond motifs is 4. The van der Waals surface area contributed by atoms with Gasteiger partial charge in [0.1, 0.15) is 5.69 Å². The van der Waals surface area contributed by atoms with Gasteiger partial charge in [-0.1, -0.05) is 24.3 Å². The van der Waals surface area contributed by atoms with Crippen molar-refractivity contribution in [2.45, 2.75) is 37.6 Å². The molecule has 5 rings (SSSR count). The Hall–Kier alpha value is -2.69. The molecule has 2 atom stereocenters. The Morgan fingerprint density at radius 1 is 1.20 bits per heavy atom. The topological polar surface area (TPSA) is 61.9 Å². The third-order valence-corrected chi connectivity index (χ3v) is 5.70. The zero-order valence-electron chi connectivity index (χ0n) is 14.0. The third kappa shape index (κ3) is 2.34. The molecule has 1 fully saturated rings. The SMILES string of the molecule is O=C(c1ccc2[nH]cnc2n1)N1CCCC2c3ccccc3CCC21.[HH]. The fourth-order valence-electron chi connectivity index (χ4n) is 4.54. The lowest BCUT2D eigenvalue weighted by atomic mass is 9.74. The van der Waals surface area contributed by atoms with Crippen molar-refractivity contribution in [3.63, 3.8) is 0 Å². The van der Waals surface area contributed by atoms with E-state index in [4.69, 9.17) is 0 Å². The van der Waals surface area contributed by atoms with E-state index in [-0.39, 0.29) is 13.4 Å². The molecule has 5 heteroatoms. The summed E-state index contributed by atoms with van der Waals surface area (Å²) in [6.07, 6.45) is 5.91. The van der Waals surface area contributed by atoms with Crippen molar-refractivity contribution in [2.24, 2.45) is 0 Å². The molecule has 1 amide bonds. The average molecular weight is 334 g/mol. The summed E-state index contributed by atoms with van der Waals surface area (Å²) in [6, 6.07) is 12.7. The zero-order valence-corrected chi connectivity index (χ0v) is 14.0. The number of imidazole rings is 1. The van der Waals surface area contributed by atoms with Gasteiger partial charge >= 0.3 is 0 Å². The summed E-state index contributed by atoms with van der Waals surface area (Å²) in [6.45, 7) is 0.822. The number of pyridine rings is 1. The first-order chi connectivity index (χ1) is 12.3. The molecule has 2 aliphatic rings. The van der Waals surface area contributed by atoms with E-state index in [0.717, 1.165) is 37.7 Å². The lowest BCUT2D eigenvalue weighted by Crippen LogP contribution is -2.49. The van der Waals surface area contributed by atoms with Crippen LogP contribution in [0.3, 0.4) is 0 Å². The van der Waals surface area contributed by atoms with Gasteiger partial charge in [0.15, 0.2) is 5.65 Å². The highest BCUT2D eigenvalue weighted by Gasteiger charge is 2.38. The van der Waals surface area contributed by atoms with Gasteiger partial charge in [0.05, 0.1) is 11.8 Å².